The topological polar surface area (TPSA) is 66.8 Å². The van der Waals surface area contributed by atoms with Gasteiger partial charge in [0.1, 0.15) is 5.41 Å². The van der Waals surface area contributed by atoms with Gasteiger partial charge in [0.25, 0.3) is 0 Å². The van der Waals surface area contributed by atoms with E-state index in [4.69, 9.17) is 4.74 Å². The highest BCUT2D eigenvalue weighted by Crippen LogP contribution is 2.53. The van der Waals surface area contributed by atoms with Crippen LogP contribution in [-0.2, 0) is 14.3 Å². The van der Waals surface area contributed by atoms with Crippen molar-refractivity contribution in [2.75, 3.05) is 26.8 Å². The molecule has 2 unspecified atom stereocenters. The van der Waals surface area contributed by atoms with Crippen molar-refractivity contribution in [3.8, 4) is 0 Å². The predicted octanol–water partition coefficient (Wildman–Crippen LogP) is 0.982. The van der Waals surface area contributed by atoms with Gasteiger partial charge in [0.2, 0.25) is 5.91 Å². The van der Waals surface area contributed by atoms with Gasteiger partial charge in [-0.05, 0) is 18.3 Å². The molecule has 0 aromatic rings. The van der Waals surface area contributed by atoms with Crippen LogP contribution in [0.25, 0.3) is 0 Å². The summed E-state index contributed by atoms with van der Waals surface area (Å²) >= 11 is 0. The van der Waals surface area contributed by atoms with Gasteiger partial charge in [-0.1, -0.05) is 13.8 Å². The first-order chi connectivity index (χ1) is 8.32. The zero-order chi connectivity index (χ0) is 13.6. The number of carboxylic acids is 1. The first kappa shape index (κ1) is 13.3. The number of rotatable bonds is 4. The molecule has 1 heterocycles. The van der Waals surface area contributed by atoms with Crippen molar-refractivity contribution >= 4 is 11.9 Å². The molecule has 5 heteroatoms. The standard InChI is InChI=1S/C13H21NO4/c1-12(2)6-9(12)10(15)14-5-4-13(7-14,8-18-3)11(16)17/h9H,4-8H2,1-3H3,(H,16,17). The number of carbonyl (C=O) groups is 2. The Hall–Kier alpha value is -1.10. The molecule has 0 aromatic carbocycles. The monoisotopic (exact) mass is 255 g/mol. The van der Waals surface area contributed by atoms with Crippen LogP contribution >= 0.6 is 0 Å². The van der Waals surface area contributed by atoms with Crippen LogP contribution < -0.4 is 0 Å². The first-order valence-electron chi connectivity index (χ1n) is 6.33. The van der Waals surface area contributed by atoms with Crippen LogP contribution in [0.1, 0.15) is 26.7 Å². The molecule has 0 spiro atoms. The van der Waals surface area contributed by atoms with Crippen LogP contribution in [0.2, 0.25) is 0 Å². The van der Waals surface area contributed by atoms with Gasteiger partial charge in [-0.3, -0.25) is 9.59 Å². The smallest absolute Gasteiger partial charge is 0.313 e. The van der Waals surface area contributed by atoms with Gasteiger partial charge in [-0.15, -0.1) is 0 Å². The van der Waals surface area contributed by atoms with E-state index in [2.05, 4.69) is 13.8 Å². The second-order valence-electron chi connectivity index (χ2n) is 6.27. The maximum atomic E-state index is 12.2. The molecule has 2 aliphatic rings. The second-order valence-corrected chi connectivity index (χ2v) is 6.27. The zero-order valence-electron chi connectivity index (χ0n) is 11.2. The van der Waals surface area contributed by atoms with Crippen LogP contribution in [0.3, 0.4) is 0 Å². The highest BCUT2D eigenvalue weighted by Gasteiger charge is 2.55. The van der Waals surface area contributed by atoms with Gasteiger partial charge in [0.15, 0.2) is 0 Å². The van der Waals surface area contributed by atoms with Crippen molar-refractivity contribution in [3.63, 3.8) is 0 Å². The minimum absolute atomic E-state index is 0.0737. The van der Waals surface area contributed by atoms with Gasteiger partial charge in [-0.25, -0.2) is 0 Å². The van der Waals surface area contributed by atoms with E-state index in [0.29, 0.717) is 13.0 Å². The van der Waals surface area contributed by atoms with E-state index in [1.165, 1.54) is 7.11 Å². The number of hydrogen-bond donors (Lipinski definition) is 1. The Balaban J connectivity index is 2.03. The molecule has 0 aromatic heterocycles. The van der Waals surface area contributed by atoms with E-state index in [1.807, 2.05) is 0 Å². The molecule has 2 fully saturated rings. The summed E-state index contributed by atoms with van der Waals surface area (Å²) in [6.07, 6.45) is 1.39. The van der Waals surface area contributed by atoms with E-state index in [1.54, 1.807) is 4.90 Å². The second kappa shape index (κ2) is 4.23. The summed E-state index contributed by atoms with van der Waals surface area (Å²) in [4.78, 5) is 25.3. The number of nitrogens with zero attached hydrogens (tertiary/aromatic N) is 1. The lowest BCUT2D eigenvalue weighted by Crippen LogP contribution is -2.40. The van der Waals surface area contributed by atoms with Gasteiger partial charge in [-0.2, -0.15) is 0 Å². The molecule has 102 valence electrons. The molecular formula is C13H21NO4. The Morgan fingerprint density at radius 2 is 2.06 bits per heavy atom. The largest absolute Gasteiger partial charge is 0.481 e. The SMILES string of the molecule is COCC1(C(=O)O)CCN(C(=O)C2CC2(C)C)C1. The van der Waals surface area contributed by atoms with Crippen LogP contribution in [-0.4, -0.2) is 48.7 Å². The summed E-state index contributed by atoms with van der Waals surface area (Å²) in [6.45, 7) is 5.12. The quantitative estimate of drug-likeness (QED) is 0.813. The minimum atomic E-state index is -0.913. The third-order valence-corrected chi connectivity index (χ3v) is 4.35. The molecule has 0 radical (unpaired) electrons. The summed E-state index contributed by atoms with van der Waals surface area (Å²) in [5.41, 5.74) is -0.823. The third-order valence-electron chi connectivity index (χ3n) is 4.35. The summed E-state index contributed by atoms with van der Waals surface area (Å²) in [5, 5.41) is 9.33. The lowest BCUT2D eigenvalue weighted by atomic mass is 9.88. The number of carbonyl (C=O) groups excluding carboxylic acids is 1. The highest BCUT2D eigenvalue weighted by molar-refractivity contribution is 5.84. The summed E-state index contributed by atoms with van der Waals surface area (Å²) in [6, 6.07) is 0. The maximum absolute atomic E-state index is 12.2. The Kier molecular flexibility index (Phi) is 3.13. The number of amides is 1. The van der Waals surface area contributed by atoms with Crippen LogP contribution in [0.5, 0.6) is 0 Å². The highest BCUT2D eigenvalue weighted by atomic mass is 16.5. The van der Waals surface area contributed by atoms with Crippen molar-refractivity contribution < 1.29 is 19.4 Å². The van der Waals surface area contributed by atoms with Crippen molar-refractivity contribution in [3.05, 3.63) is 0 Å². The Bertz CT molecular complexity index is 379. The van der Waals surface area contributed by atoms with Gasteiger partial charge >= 0.3 is 5.97 Å². The predicted molar refractivity (Wildman–Crippen MR) is 65.0 cm³/mol. The number of methoxy groups -OCH3 is 1. The zero-order valence-corrected chi connectivity index (χ0v) is 11.2. The molecule has 0 bridgehead atoms. The van der Waals surface area contributed by atoms with Crippen molar-refractivity contribution in [1.82, 2.24) is 4.90 Å². The molecule has 18 heavy (non-hydrogen) atoms. The van der Waals surface area contributed by atoms with Crippen LogP contribution in [0, 0.1) is 16.7 Å². The number of carboxylic acid groups (broad SMARTS) is 1. The molecule has 5 nitrogen and oxygen atoms in total. The van der Waals surface area contributed by atoms with Gasteiger partial charge in [0.05, 0.1) is 6.61 Å². The summed E-state index contributed by atoms with van der Waals surface area (Å²) in [7, 11) is 1.50. The maximum Gasteiger partial charge on any atom is 0.313 e. The van der Waals surface area contributed by atoms with Crippen molar-refractivity contribution in [1.29, 1.82) is 0 Å². The van der Waals surface area contributed by atoms with Gasteiger partial charge in [0, 0.05) is 26.1 Å². The fourth-order valence-electron chi connectivity index (χ4n) is 2.80. The number of aliphatic carboxylic acids is 1. The fraction of sp³-hybridized carbons (Fsp3) is 0.846. The van der Waals surface area contributed by atoms with E-state index >= 15 is 0 Å². The lowest BCUT2D eigenvalue weighted by molar-refractivity contribution is -0.151. The third kappa shape index (κ3) is 2.11. The molecule has 1 aliphatic heterocycles. The minimum Gasteiger partial charge on any atom is -0.481 e. The molecule has 2 rings (SSSR count). The summed E-state index contributed by atoms with van der Waals surface area (Å²) in [5.74, 6) is -0.682. The molecule has 1 amide bonds. The first-order valence-corrected chi connectivity index (χ1v) is 6.33. The normalized spacial score (nSPS) is 33.5. The fourth-order valence-corrected chi connectivity index (χ4v) is 2.80. The average molecular weight is 255 g/mol. The number of hydrogen-bond acceptors (Lipinski definition) is 3. The Labute approximate surface area is 107 Å². The number of ether oxygens (including phenoxy) is 1. The molecule has 1 N–H and O–H groups in total. The van der Waals surface area contributed by atoms with Crippen LogP contribution in [0.15, 0.2) is 0 Å². The number of likely N-dealkylation sites (tertiary alicyclic amines) is 1. The van der Waals surface area contributed by atoms with E-state index in [0.717, 1.165) is 6.42 Å². The molecule has 1 saturated heterocycles. The average Bonchev–Trinajstić information content (AvgIpc) is 2.75. The molecule has 1 saturated carbocycles. The lowest BCUT2D eigenvalue weighted by Gasteiger charge is -2.24. The van der Waals surface area contributed by atoms with Crippen LogP contribution in [0.4, 0.5) is 0 Å². The Morgan fingerprint density at radius 3 is 2.50 bits per heavy atom. The molecule has 2 atom stereocenters. The van der Waals surface area contributed by atoms with Gasteiger partial charge < -0.3 is 14.7 Å². The van der Waals surface area contributed by atoms with Crippen molar-refractivity contribution in [2.24, 2.45) is 16.7 Å². The Morgan fingerprint density at radius 1 is 1.44 bits per heavy atom. The van der Waals surface area contributed by atoms with E-state index in [9.17, 15) is 14.7 Å². The summed E-state index contributed by atoms with van der Waals surface area (Å²) < 4.78 is 5.02. The van der Waals surface area contributed by atoms with Crippen molar-refractivity contribution in [2.45, 2.75) is 26.7 Å². The molecular weight excluding hydrogens is 234 g/mol. The molecule has 1 aliphatic carbocycles. The van der Waals surface area contributed by atoms with E-state index < -0.39 is 11.4 Å². The van der Waals surface area contributed by atoms with E-state index in [-0.39, 0.29) is 30.4 Å².